The normalized spacial score (nSPS) is 12.6. The number of aryl methyl sites for hydroxylation is 2. The summed E-state index contributed by atoms with van der Waals surface area (Å²) in [5.41, 5.74) is 3.36. The molecule has 0 unspecified atom stereocenters. The largest absolute Gasteiger partial charge is 0.478 e. The highest BCUT2D eigenvalue weighted by atomic mass is 16.4. The van der Waals surface area contributed by atoms with E-state index in [0.29, 0.717) is 5.56 Å². The number of rotatable bonds is 3. The van der Waals surface area contributed by atoms with Crippen molar-refractivity contribution in [3.05, 3.63) is 94.5 Å². The third kappa shape index (κ3) is 2.36. The summed E-state index contributed by atoms with van der Waals surface area (Å²) >= 11 is 0. The number of carbonyl (C=O) groups excluding carboxylic acids is 1. The van der Waals surface area contributed by atoms with E-state index in [-0.39, 0.29) is 16.9 Å². The molecule has 1 aliphatic carbocycles. The summed E-state index contributed by atoms with van der Waals surface area (Å²) < 4.78 is 0. The van der Waals surface area contributed by atoms with Crippen LogP contribution in [0.2, 0.25) is 0 Å². The van der Waals surface area contributed by atoms with Gasteiger partial charge in [0.1, 0.15) is 0 Å². The quantitative estimate of drug-likeness (QED) is 0.527. The Bertz CT molecular complexity index is 1260. The van der Waals surface area contributed by atoms with Gasteiger partial charge in [-0.25, -0.2) is 4.79 Å². The molecule has 0 aromatic heterocycles. The van der Waals surface area contributed by atoms with Crippen LogP contribution in [0.5, 0.6) is 0 Å². The molecule has 4 aromatic rings. The van der Waals surface area contributed by atoms with Gasteiger partial charge in [0.2, 0.25) is 0 Å². The second kappa shape index (κ2) is 5.78. The van der Waals surface area contributed by atoms with E-state index in [0.717, 1.165) is 34.4 Å². The van der Waals surface area contributed by atoms with E-state index >= 15 is 0 Å². The number of carboxylic acids is 1. The zero-order chi connectivity index (χ0) is 18.5. The standard InChI is InChI=1S/C24H16O3/c25-23(19-11-10-15-9-8-14-6-3-7-18(19)22(14)15)20-12-16-4-1-2-5-17(16)13-21(20)24(26)27/h1-7,10-13H,8-9H2,(H,26,27). The van der Waals surface area contributed by atoms with E-state index in [1.807, 2.05) is 48.5 Å². The van der Waals surface area contributed by atoms with Gasteiger partial charge in [-0.3, -0.25) is 4.79 Å². The van der Waals surface area contributed by atoms with Gasteiger partial charge >= 0.3 is 5.97 Å². The van der Waals surface area contributed by atoms with Crippen molar-refractivity contribution in [1.82, 2.24) is 0 Å². The van der Waals surface area contributed by atoms with Gasteiger partial charge in [-0.2, -0.15) is 0 Å². The van der Waals surface area contributed by atoms with E-state index in [1.54, 1.807) is 12.1 Å². The first kappa shape index (κ1) is 15.8. The first-order valence-corrected chi connectivity index (χ1v) is 8.98. The summed E-state index contributed by atoms with van der Waals surface area (Å²) in [7, 11) is 0. The predicted molar refractivity (Wildman–Crippen MR) is 106 cm³/mol. The highest BCUT2D eigenvalue weighted by Crippen LogP contribution is 2.34. The van der Waals surface area contributed by atoms with Crippen LogP contribution in [-0.4, -0.2) is 16.9 Å². The van der Waals surface area contributed by atoms with E-state index in [9.17, 15) is 14.7 Å². The van der Waals surface area contributed by atoms with Crippen molar-refractivity contribution in [1.29, 1.82) is 0 Å². The molecule has 130 valence electrons. The number of carboxylic acid groups (broad SMARTS) is 1. The van der Waals surface area contributed by atoms with Crippen molar-refractivity contribution >= 4 is 33.3 Å². The molecule has 0 saturated carbocycles. The van der Waals surface area contributed by atoms with Gasteiger partial charge < -0.3 is 5.11 Å². The van der Waals surface area contributed by atoms with Crippen molar-refractivity contribution in [2.45, 2.75) is 12.8 Å². The fourth-order valence-corrected chi connectivity index (χ4v) is 4.20. The highest BCUT2D eigenvalue weighted by molar-refractivity contribution is 6.21. The Morgan fingerprint density at radius 2 is 1.37 bits per heavy atom. The third-order valence-electron chi connectivity index (χ3n) is 5.48. The molecule has 0 radical (unpaired) electrons. The van der Waals surface area contributed by atoms with E-state index < -0.39 is 5.97 Å². The van der Waals surface area contributed by atoms with Gasteiger partial charge in [0.05, 0.1) is 5.56 Å². The monoisotopic (exact) mass is 352 g/mol. The Hall–Kier alpha value is -3.46. The van der Waals surface area contributed by atoms with Crippen LogP contribution in [-0.2, 0) is 12.8 Å². The van der Waals surface area contributed by atoms with Crippen LogP contribution in [0.25, 0.3) is 21.5 Å². The Kier molecular flexibility index (Phi) is 3.37. The van der Waals surface area contributed by atoms with Crippen LogP contribution in [0, 0.1) is 0 Å². The molecule has 3 heteroatoms. The van der Waals surface area contributed by atoms with Crippen molar-refractivity contribution < 1.29 is 14.7 Å². The molecule has 4 aromatic carbocycles. The molecule has 0 bridgehead atoms. The van der Waals surface area contributed by atoms with E-state index in [4.69, 9.17) is 0 Å². The molecule has 5 rings (SSSR count). The lowest BCUT2D eigenvalue weighted by Gasteiger charge is -2.11. The summed E-state index contributed by atoms with van der Waals surface area (Å²) in [6, 6.07) is 20.7. The average Bonchev–Trinajstić information content (AvgIpc) is 3.12. The lowest BCUT2D eigenvalue weighted by Crippen LogP contribution is -2.10. The molecule has 27 heavy (non-hydrogen) atoms. The van der Waals surface area contributed by atoms with Crippen molar-refractivity contribution in [2.75, 3.05) is 0 Å². The lowest BCUT2D eigenvalue weighted by atomic mass is 9.91. The second-order valence-corrected chi connectivity index (χ2v) is 6.99. The summed E-state index contributed by atoms with van der Waals surface area (Å²) in [5.74, 6) is -1.33. The minimum absolute atomic E-state index is 0.0435. The lowest BCUT2D eigenvalue weighted by molar-refractivity contribution is 0.0693. The molecule has 0 heterocycles. The first-order chi connectivity index (χ1) is 13.1. The van der Waals surface area contributed by atoms with Gasteiger partial charge in [-0.1, -0.05) is 54.6 Å². The molecule has 0 atom stereocenters. The minimum atomic E-state index is -1.09. The smallest absolute Gasteiger partial charge is 0.336 e. The molecule has 0 amide bonds. The number of hydrogen-bond acceptors (Lipinski definition) is 2. The Labute approximate surface area is 155 Å². The third-order valence-corrected chi connectivity index (χ3v) is 5.48. The van der Waals surface area contributed by atoms with Crippen molar-refractivity contribution in [3.63, 3.8) is 0 Å². The summed E-state index contributed by atoms with van der Waals surface area (Å²) in [5, 5.41) is 13.4. The summed E-state index contributed by atoms with van der Waals surface area (Å²) in [6.07, 6.45) is 1.97. The number of aromatic carboxylic acids is 1. The molecular formula is C24H16O3. The maximum Gasteiger partial charge on any atom is 0.336 e. The highest BCUT2D eigenvalue weighted by Gasteiger charge is 2.23. The fraction of sp³-hybridized carbons (Fsp3) is 0.0833. The van der Waals surface area contributed by atoms with Crippen LogP contribution < -0.4 is 0 Å². The van der Waals surface area contributed by atoms with Crippen LogP contribution in [0.1, 0.15) is 37.4 Å². The minimum Gasteiger partial charge on any atom is -0.478 e. The Morgan fingerprint density at radius 3 is 2.07 bits per heavy atom. The molecule has 0 saturated heterocycles. The Morgan fingerprint density at radius 1 is 0.704 bits per heavy atom. The maximum atomic E-state index is 13.4. The van der Waals surface area contributed by atoms with Gasteiger partial charge in [-0.15, -0.1) is 0 Å². The van der Waals surface area contributed by atoms with Crippen LogP contribution in [0.15, 0.2) is 66.7 Å². The van der Waals surface area contributed by atoms with Gasteiger partial charge in [0.25, 0.3) is 0 Å². The zero-order valence-corrected chi connectivity index (χ0v) is 14.5. The number of hydrogen-bond donors (Lipinski definition) is 1. The van der Waals surface area contributed by atoms with E-state index in [1.165, 1.54) is 11.1 Å². The van der Waals surface area contributed by atoms with Crippen LogP contribution >= 0.6 is 0 Å². The zero-order valence-electron chi connectivity index (χ0n) is 14.5. The molecule has 0 aliphatic heterocycles. The molecule has 3 nitrogen and oxygen atoms in total. The predicted octanol–water partition coefficient (Wildman–Crippen LogP) is 5.02. The summed E-state index contributed by atoms with van der Waals surface area (Å²) in [6.45, 7) is 0. The molecule has 0 spiro atoms. The average molecular weight is 352 g/mol. The fourth-order valence-electron chi connectivity index (χ4n) is 4.20. The SMILES string of the molecule is O=C(O)c1cc2ccccc2cc1C(=O)c1ccc2c3c(cccc13)CC2. The number of fused-ring (bicyclic) bond motifs is 1. The van der Waals surface area contributed by atoms with Gasteiger partial charge in [0.15, 0.2) is 5.78 Å². The molecule has 1 aliphatic rings. The molecule has 0 fully saturated rings. The first-order valence-electron chi connectivity index (χ1n) is 8.98. The second-order valence-electron chi connectivity index (χ2n) is 6.99. The molecule has 1 N–H and O–H groups in total. The van der Waals surface area contributed by atoms with Crippen molar-refractivity contribution in [3.8, 4) is 0 Å². The maximum absolute atomic E-state index is 13.4. The van der Waals surface area contributed by atoms with Crippen molar-refractivity contribution in [2.24, 2.45) is 0 Å². The van der Waals surface area contributed by atoms with Gasteiger partial charge in [0, 0.05) is 11.1 Å². The van der Waals surface area contributed by atoms with Crippen LogP contribution in [0.3, 0.4) is 0 Å². The van der Waals surface area contributed by atoms with Crippen LogP contribution in [0.4, 0.5) is 0 Å². The van der Waals surface area contributed by atoms with E-state index in [2.05, 4.69) is 6.07 Å². The summed E-state index contributed by atoms with van der Waals surface area (Å²) in [4.78, 5) is 25.2. The number of carbonyl (C=O) groups is 2. The van der Waals surface area contributed by atoms with Gasteiger partial charge in [-0.05, 0) is 57.6 Å². The number of benzene rings is 4. The molecular weight excluding hydrogens is 336 g/mol. The number of ketones is 1. The topological polar surface area (TPSA) is 54.4 Å². The Balaban J connectivity index is 1.77.